The first-order valence-corrected chi connectivity index (χ1v) is 17.0. The predicted molar refractivity (Wildman–Crippen MR) is 180 cm³/mol. The van der Waals surface area contributed by atoms with Crippen molar-refractivity contribution in [1.82, 2.24) is 26.2 Å². The maximum absolute atomic E-state index is 13.8. The number of esters is 1. The lowest BCUT2D eigenvalue weighted by Gasteiger charge is -2.28. The molecule has 4 N–H and O–H groups in total. The topological polar surface area (TPSA) is 185 Å². The van der Waals surface area contributed by atoms with Crippen LogP contribution in [0.2, 0.25) is 0 Å². The number of benzene rings is 1. The van der Waals surface area contributed by atoms with Crippen LogP contribution in [0.1, 0.15) is 59.9 Å². The molecule has 14 heteroatoms. The number of amides is 4. The quantitative estimate of drug-likeness (QED) is 0.118. The fourth-order valence-corrected chi connectivity index (χ4v) is 5.49. The van der Waals surface area contributed by atoms with Gasteiger partial charge in [0, 0.05) is 26.4 Å². The molecule has 14 nitrogen and oxygen atoms in total. The Balaban J connectivity index is 1.75. The number of carbonyl (C=O) groups excluding carboxylic acids is 6. The molecular weight excluding hydrogens is 634 g/mol. The minimum atomic E-state index is -1.26. The number of morpholine rings is 1. The van der Waals surface area contributed by atoms with E-state index in [0.717, 1.165) is 5.56 Å². The van der Waals surface area contributed by atoms with Gasteiger partial charge < -0.3 is 35.5 Å². The highest BCUT2D eigenvalue weighted by Crippen LogP contribution is 2.29. The van der Waals surface area contributed by atoms with E-state index in [1.165, 1.54) is 6.92 Å². The largest absolute Gasteiger partial charge is 0.462 e. The summed E-state index contributed by atoms with van der Waals surface area (Å²) in [6, 6.07) is 4.89. The standard InChI is InChI=1S/C35H53N5O9/c1-22(2)16-26(31(43)35(6)21-49-35)37-33(45)28(18-25-10-8-7-9-11-25)39-32(44)27(17-23(3)4)38-34(46)29(36-24(5)41)20-48-30(42)19-40-12-14-47-15-13-40/h7-11,22-23,26-29H,12-21H2,1-6H3,(H,36,41)(H,37,45)(H,38,46)(H,39,44)/t26-,27-,28-,29-,35+/m0/s1. The highest BCUT2D eigenvalue weighted by atomic mass is 16.6. The van der Waals surface area contributed by atoms with E-state index in [2.05, 4.69) is 21.3 Å². The van der Waals surface area contributed by atoms with Gasteiger partial charge in [-0.05, 0) is 37.2 Å². The third-order valence-corrected chi connectivity index (χ3v) is 8.26. The first-order valence-electron chi connectivity index (χ1n) is 17.0. The number of ketones is 1. The van der Waals surface area contributed by atoms with Gasteiger partial charge in [0.1, 0.15) is 30.3 Å². The Kier molecular flexibility index (Phi) is 15.1. The highest BCUT2D eigenvalue weighted by molar-refractivity contribution is 5.98. The summed E-state index contributed by atoms with van der Waals surface area (Å²) in [5.74, 6) is -3.14. The number of hydrogen-bond donors (Lipinski definition) is 4. The monoisotopic (exact) mass is 687 g/mol. The van der Waals surface area contributed by atoms with E-state index >= 15 is 0 Å². The third-order valence-electron chi connectivity index (χ3n) is 8.26. The van der Waals surface area contributed by atoms with Gasteiger partial charge >= 0.3 is 5.97 Å². The molecule has 0 aliphatic carbocycles. The van der Waals surface area contributed by atoms with E-state index in [1.807, 2.05) is 62.9 Å². The zero-order chi connectivity index (χ0) is 36.1. The molecule has 3 rings (SSSR count). The van der Waals surface area contributed by atoms with Crippen molar-refractivity contribution in [2.24, 2.45) is 11.8 Å². The Hall–Kier alpha value is -3.88. The van der Waals surface area contributed by atoms with Crippen LogP contribution in [-0.2, 0) is 49.4 Å². The Morgan fingerprint density at radius 1 is 0.796 bits per heavy atom. The second-order valence-corrected chi connectivity index (χ2v) is 13.8. The average Bonchev–Trinajstić information content (AvgIpc) is 3.80. The van der Waals surface area contributed by atoms with Crippen LogP contribution in [0.4, 0.5) is 0 Å². The maximum Gasteiger partial charge on any atom is 0.320 e. The first kappa shape index (κ1) is 39.6. The molecule has 49 heavy (non-hydrogen) atoms. The van der Waals surface area contributed by atoms with Gasteiger partial charge in [-0.2, -0.15) is 0 Å². The first-order chi connectivity index (χ1) is 23.2. The summed E-state index contributed by atoms with van der Waals surface area (Å²) in [6.07, 6.45) is 0.735. The number of Topliss-reactive ketones (excluding diaryl/α,β-unsaturated/α-hetero) is 1. The number of epoxide rings is 1. The number of carbonyl (C=O) groups is 6. The van der Waals surface area contributed by atoms with E-state index in [0.29, 0.717) is 32.7 Å². The summed E-state index contributed by atoms with van der Waals surface area (Å²) in [7, 11) is 0. The van der Waals surface area contributed by atoms with Crippen LogP contribution in [0, 0.1) is 11.8 Å². The number of nitrogens with zero attached hydrogens (tertiary/aromatic N) is 1. The Morgan fingerprint density at radius 2 is 1.33 bits per heavy atom. The van der Waals surface area contributed by atoms with Crippen molar-refractivity contribution in [1.29, 1.82) is 0 Å². The van der Waals surface area contributed by atoms with Crippen LogP contribution < -0.4 is 21.3 Å². The summed E-state index contributed by atoms with van der Waals surface area (Å²) in [4.78, 5) is 80.7. The van der Waals surface area contributed by atoms with Crippen LogP contribution in [0.25, 0.3) is 0 Å². The second-order valence-electron chi connectivity index (χ2n) is 13.8. The predicted octanol–water partition coefficient (Wildman–Crippen LogP) is 0.514. The van der Waals surface area contributed by atoms with Gasteiger partial charge in [0.05, 0.1) is 32.4 Å². The van der Waals surface area contributed by atoms with Gasteiger partial charge in [0.15, 0.2) is 5.78 Å². The normalized spacial score (nSPS) is 20.0. The van der Waals surface area contributed by atoms with Crippen LogP contribution >= 0.6 is 0 Å². The van der Waals surface area contributed by atoms with Crippen LogP contribution in [0.15, 0.2) is 30.3 Å². The zero-order valence-corrected chi connectivity index (χ0v) is 29.5. The Morgan fingerprint density at radius 3 is 1.90 bits per heavy atom. The van der Waals surface area contributed by atoms with E-state index in [9.17, 15) is 28.8 Å². The fraction of sp³-hybridized carbons (Fsp3) is 0.657. The van der Waals surface area contributed by atoms with Crippen LogP contribution in [0.3, 0.4) is 0 Å². The molecule has 0 unspecified atom stereocenters. The lowest BCUT2D eigenvalue weighted by Crippen LogP contribution is -2.59. The number of rotatable bonds is 19. The van der Waals surface area contributed by atoms with Crippen molar-refractivity contribution in [3.63, 3.8) is 0 Å². The van der Waals surface area contributed by atoms with Gasteiger partial charge in [-0.15, -0.1) is 0 Å². The van der Waals surface area contributed by atoms with E-state index in [1.54, 1.807) is 6.92 Å². The van der Waals surface area contributed by atoms with Crippen molar-refractivity contribution >= 4 is 35.4 Å². The van der Waals surface area contributed by atoms with Gasteiger partial charge in [-0.25, -0.2) is 0 Å². The minimum Gasteiger partial charge on any atom is -0.462 e. The Labute approximate surface area is 288 Å². The van der Waals surface area contributed by atoms with Crippen molar-refractivity contribution in [3.8, 4) is 0 Å². The summed E-state index contributed by atoms with van der Waals surface area (Å²) in [6.45, 7) is 12.6. The Bertz CT molecular complexity index is 1300. The molecule has 1 aromatic rings. The number of hydrogen-bond acceptors (Lipinski definition) is 10. The average molecular weight is 688 g/mol. The van der Waals surface area contributed by atoms with Gasteiger partial charge in [0.25, 0.3) is 0 Å². The minimum absolute atomic E-state index is 0.0108. The smallest absolute Gasteiger partial charge is 0.320 e. The highest BCUT2D eigenvalue weighted by Gasteiger charge is 2.50. The molecule has 2 saturated heterocycles. The summed E-state index contributed by atoms with van der Waals surface area (Å²) in [5, 5.41) is 10.9. The van der Waals surface area contributed by atoms with Gasteiger partial charge in [0.2, 0.25) is 23.6 Å². The molecule has 2 heterocycles. The molecule has 2 fully saturated rings. The molecule has 0 radical (unpaired) electrons. The molecule has 4 amide bonds. The molecule has 0 spiro atoms. The van der Waals surface area contributed by atoms with Crippen LogP contribution in [0.5, 0.6) is 0 Å². The number of nitrogens with one attached hydrogen (secondary N) is 4. The van der Waals surface area contributed by atoms with E-state index in [-0.39, 0.29) is 43.6 Å². The summed E-state index contributed by atoms with van der Waals surface area (Å²) >= 11 is 0. The van der Waals surface area contributed by atoms with Crippen molar-refractivity contribution in [3.05, 3.63) is 35.9 Å². The van der Waals surface area contributed by atoms with Crippen LogP contribution in [-0.4, -0.2) is 116 Å². The maximum atomic E-state index is 13.8. The molecule has 2 aliphatic rings. The molecule has 0 bridgehead atoms. The zero-order valence-electron chi connectivity index (χ0n) is 29.5. The lowest BCUT2D eigenvalue weighted by atomic mass is 9.93. The molecule has 5 atom stereocenters. The molecule has 272 valence electrons. The van der Waals surface area contributed by atoms with Crippen molar-refractivity contribution in [2.45, 2.75) is 90.6 Å². The molecular formula is C35H53N5O9. The van der Waals surface area contributed by atoms with Gasteiger partial charge in [-0.3, -0.25) is 33.7 Å². The third kappa shape index (κ3) is 13.5. The molecule has 2 aliphatic heterocycles. The van der Waals surface area contributed by atoms with E-state index < -0.39 is 66.0 Å². The second kappa shape index (κ2) is 18.8. The summed E-state index contributed by atoms with van der Waals surface area (Å²) in [5.41, 5.74) is -0.167. The summed E-state index contributed by atoms with van der Waals surface area (Å²) < 4.78 is 16.0. The molecule has 1 aromatic carbocycles. The fourth-order valence-electron chi connectivity index (χ4n) is 5.49. The molecule has 0 saturated carbocycles. The van der Waals surface area contributed by atoms with E-state index in [4.69, 9.17) is 14.2 Å². The van der Waals surface area contributed by atoms with Gasteiger partial charge in [-0.1, -0.05) is 58.0 Å². The number of ether oxygens (including phenoxy) is 3. The SMILES string of the molecule is CC(=O)N[C@@H](COC(=O)CN1CCOCC1)C(=O)N[C@@H](CC(C)C)C(=O)N[C@@H](Cc1ccccc1)C(=O)N[C@@H](CC(C)C)C(=O)[C@@]1(C)CO1. The van der Waals surface area contributed by atoms with Crippen molar-refractivity contribution < 1.29 is 43.0 Å². The molecule has 0 aromatic heterocycles. The van der Waals surface area contributed by atoms with Crippen molar-refractivity contribution in [2.75, 3.05) is 46.1 Å². The lowest BCUT2D eigenvalue weighted by molar-refractivity contribution is -0.148.